The van der Waals surface area contributed by atoms with E-state index in [0.29, 0.717) is 32.9 Å². The van der Waals surface area contributed by atoms with Crippen LogP contribution in [0.25, 0.3) is 10.9 Å². The van der Waals surface area contributed by atoms with E-state index in [1.54, 1.807) is 37.4 Å². The lowest BCUT2D eigenvalue weighted by Crippen LogP contribution is -2.21. The summed E-state index contributed by atoms with van der Waals surface area (Å²) < 4.78 is 43.5. The van der Waals surface area contributed by atoms with Gasteiger partial charge in [0.05, 0.1) is 27.5 Å². The van der Waals surface area contributed by atoms with Gasteiger partial charge >= 0.3 is 12.3 Å². The van der Waals surface area contributed by atoms with Crippen molar-refractivity contribution < 1.29 is 27.8 Å². The highest BCUT2D eigenvalue weighted by molar-refractivity contribution is 7.98. The van der Waals surface area contributed by atoms with E-state index < -0.39 is 24.1 Å². The molecule has 7 nitrogen and oxygen atoms in total. The summed E-state index contributed by atoms with van der Waals surface area (Å²) in [5.74, 6) is -1.39. The largest absolute Gasteiger partial charge is 0.573 e. The van der Waals surface area contributed by atoms with Crippen molar-refractivity contribution in [3.8, 4) is 5.75 Å². The summed E-state index contributed by atoms with van der Waals surface area (Å²) in [6.07, 6.45) is -4.89. The van der Waals surface area contributed by atoms with Crippen LogP contribution in [0.4, 0.5) is 18.9 Å². The number of nitrogens with one attached hydrogen (secondary N) is 1. The fraction of sp³-hybridized carbons (Fsp3) is 0.222. The number of halogens is 4. The number of rotatable bonds is 8. The second-order valence-electron chi connectivity index (χ2n) is 8.83. The zero-order valence-electron chi connectivity index (χ0n) is 21.0. The van der Waals surface area contributed by atoms with Gasteiger partial charge in [-0.1, -0.05) is 47.6 Å². The number of anilines is 1. The summed E-state index contributed by atoms with van der Waals surface area (Å²) in [4.78, 5) is 29.7. The maximum Gasteiger partial charge on any atom is 0.573 e. The van der Waals surface area contributed by atoms with Crippen molar-refractivity contribution in [2.24, 2.45) is 7.05 Å². The molecule has 0 amide bonds. The molecule has 12 heteroatoms. The lowest BCUT2D eigenvalue weighted by molar-refractivity contribution is -0.274. The van der Waals surface area contributed by atoms with Crippen LogP contribution in [0.15, 0.2) is 64.5 Å². The van der Waals surface area contributed by atoms with Gasteiger partial charge in [-0.05, 0) is 55.3 Å². The van der Waals surface area contributed by atoms with Crippen LogP contribution < -0.4 is 15.6 Å². The molecule has 0 saturated carbocycles. The number of ether oxygens (including phenoxy) is 1. The van der Waals surface area contributed by atoms with E-state index in [-0.39, 0.29) is 21.9 Å². The van der Waals surface area contributed by atoms with E-state index in [1.165, 1.54) is 34.5 Å². The molecule has 0 saturated heterocycles. The smallest absolute Gasteiger partial charge is 0.478 e. The summed E-state index contributed by atoms with van der Waals surface area (Å²) in [7, 11) is 1.57. The number of aryl methyl sites for hydroxylation is 1. The molecule has 2 N–H and O–H groups in total. The Morgan fingerprint density at radius 2 is 1.92 bits per heavy atom. The number of nitrogens with zero attached hydrogens (tertiary/aromatic N) is 2. The van der Waals surface area contributed by atoms with Crippen molar-refractivity contribution >= 4 is 45.9 Å². The number of alkyl halides is 3. The monoisotopic (exact) mass is 577 g/mol. The molecule has 1 unspecified atom stereocenters. The van der Waals surface area contributed by atoms with Crippen LogP contribution in [-0.4, -0.2) is 27.0 Å². The molecule has 1 heterocycles. The minimum absolute atomic E-state index is 0.110. The van der Waals surface area contributed by atoms with Crippen LogP contribution in [0.3, 0.4) is 0 Å². The van der Waals surface area contributed by atoms with E-state index in [9.17, 15) is 27.9 Å². The SMILES string of the molecule is Cc1cc(C(C)Nc2ccccc2C(=O)O)c2nc(SCc3ccc(Cl)c(OC(F)(F)F)c3)n(C)c(=O)c2c1. The van der Waals surface area contributed by atoms with Crippen molar-refractivity contribution in [1.29, 1.82) is 0 Å². The predicted molar refractivity (Wildman–Crippen MR) is 145 cm³/mol. The molecule has 3 aromatic carbocycles. The average Bonchev–Trinajstić information content (AvgIpc) is 2.86. The van der Waals surface area contributed by atoms with Gasteiger partial charge in [0.25, 0.3) is 5.56 Å². The van der Waals surface area contributed by atoms with E-state index in [4.69, 9.17) is 16.6 Å². The minimum atomic E-state index is -4.89. The van der Waals surface area contributed by atoms with Gasteiger partial charge in [0, 0.05) is 24.1 Å². The van der Waals surface area contributed by atoms with Crippen LogP contribution in [0.1, 0.15) is 40.0 Å². The molecule has 0 bridgehead atoms. The number of aromatic carboxylic acids is 1. The molecule has 0 radical (unpaired) electrons. The van der Waals surface area contributed by atoms with E-state index in [0.717, 1.165) is 5.56 Å². The quantitative estimate of drug-likeness (QED) is 0.173. The molecule has 39 heavy (non-hydrogen) atoms. The highest BCUT2D eigenvalue weighted by atomic mass is 35.5. The van der Waals surface area contributed by atoms with Crippen molar-refractivity contribution in [3.63, 3.8) is 0 Å². The third-order valence-corrected chi connectivity index (χ3v) is 7.31. The van der Waals surface area contributed by atoms with Gasteiger partial charge in [-0.2, -0.15) is 0 Å². The maximum atomic E-state index is 13.3. The number of hydrogen-bond acceptors (Lipinski definition) is 6. The molecule has 204 valence electrons. The second-order valence-corrected chi connectivity index (χ2v) is 10.2. The van der Waals surface area contributed by atoms with Gasteiger partial charge in [0.2, 0.25) is 0 Å². The topological polar surface area (TPSA) is 93.4 Å². The Bertz CT molecular complexity index is 1620. The van der Waals surface area contributed by atoms with Crippen molar-refractivity contribution in [1.82, 2.24) is 9.55 Å². The summed E-state index contributed by atoms with van der Waals surface area (Å²) in [5, 5.41) is 13.3. The lowest BCUT2D eigenvalue weighted by atomic mass is 10.0. The Kier molecular flexibility index (Phi) is 8.12. The van der Waals surface area contributed by atoms with Crippen molar-refractivity contribution in [2.45, 2.75) is 37.2 Å². The Morgan fingerprint density at radius 3 is 2.62 bits per heavy atom. The molecule has 4 aromatic rings. The fourth-order valence-electron chi connectivity index (χ4n) is 4.09. The van der Waals surface area contributed by atoms with Gasteiger partial charge in [0.15, 0.2) is 5.16 Å². The van der Waals surface area contributed by atoms with Crippen LogP contribution in [-0.2, 0) is 12.8 Å². The molecule has 4 rings (SSSR count). The van der Waals surface area contributed by atoms with Crippen LogP contribution >= 0.6 is 23.4 Å². The summed E-state index contributed by atoms with van der Waals surface area (Å²) >= 11 is 7.02. The van der Waals surface area contributed by atoms with Gasteiger partial charge in [0.1, 0.15) is 5.75 Å². The first-order chi connectivity index (χ1) is 18.3. The number of carbonyl (C=O) groups is 1. The van der Waals surface area contributed by atoms with Crippen LogP contribution in [0.5, 0.6) is 5.75 Å². The van der Waals surface area contributed by atoms with E-state index in [1.807, 2.05) is 19.9 Å². The summed E-state index contributed by atoms with van der Waals surface area (Å²) in [5.41, 5.74) is 2.69. The minimum Gasteiger partial charge on any atom is -0.478 e. The lowest BCUT2D eigenvalue weighted by Gasteiger charge is -2.20. The first-order valence-electron chi connectivity index (χ1n) is 11.6. The van der Waals surface area contributed by atoms with E-state index in [2.05, 4.69) is 10.1 Å². The zero-order valence-corrected chi connectivity index (χ0v) is 22.5. The molecule has 0 fully saturated rings. The highest BCUT2D eigenvalue weighted by Gasteiger charge is 2.32. The number of aromatic nitrogens is 2. The Labute approximate surface area is 230 Å². The maximum absolute atomic E-state index is 13.3. The number of carboxylic acid groups (broad SMARTS) is 1. The number of para-hydroxylation sites is 1. The van der Waals surface area contributed by atoms with Crippen molar-refractivity contribution in [3.05, 3.63) is 92.2 Å². The predicted octanol–water partition coefficient (Wildman–Crippen LogP) is 6.96. The van der Waals surface area contributed by atoms with Crippen molar-refractivity contribution in [2.75, 3.05) is 5.32 Å². The number of carboxylic acids is 1. The first-order valence-corrected chi connectivity index (χ1v) is 13.0. The molecule has 1 atom stereocenters. The number of thioether (sulfide) groups is 1. The zero-order chi connectivity index (χ0) is 28.5. The molecule has 0 aliphatic carbocycles. The third-order valence-electron chi connectivity index (χ3n) is 5.90. The number of hydrogen-bond donors (Lipinski definition) is 2. The van der Waals surface area contributed by atoms with Gasteiger partial charge in [-0.25, -0.2) is 9.78 Å². The molecular weight excluding hydrogens is 555 g/mol. The van der Waals surface area contributed by atoms with Crippen LogP contribution in [0.2, 0.25) is 5.02 Å². The molecule has 1 aromatic heterocycles. The Hall–Kier alpha value is -3.70. The normalized spacial score (nSPS) is 12.4. The molecular formula is C27H23ClF3N3O4S. The average molecular weight is 578 g/mol. The Morgan fingerprint density at radius 1 is 1.21 bits per heavy atom. The summed E-state index contributed by atoms with van der Waals surface area (Å²) in [6.45, 7) is 3.69. The molecule has 0 spiro atoms. The number of fused-ring (bicyclic) bond motifs is 1. The molecule has 0 aliphatic rings. The van der Waals surface area contributed by atoms with Gasteiger partial charge in [-0.15, -0.1) is 13.2 Å². The van der Waals surface area contributed by atoms with Gasteiger partial charge in [-0.3, -0.25) is 9.36 Å². The Balaban J connectivity index is 1.69. The third kappa shape index (κ3) is 6.48. The van der Waals surface area contributed by atoms with Gasteiger partial charge < -0.3 is 15.2 Å². The van der Waals surface area contributed by atoms with Crippen LogP contribution in [0, 0.1) is 6.92 Å². The first kappa shape index (κ1) is 28.3. The molecule has 0 aliphatic heterocycles. The van der Waals surface area contributed by atoms with E-state index >= 15 is 0 Å². The summed E-state index contributed by atoms with van der Waals surface area (Å²) in [6, 6.07) is 13.8. The second kappa shape index (κ2) is 11.2. The highest BCUT2D eigenvalue weighted by Crippen LogP contribution is 2.33. The number of benzene rings is 3. The fourth-order valence-corrected chi connectivity index (χ4v) is 5.15. The standard InChI is InChI=1S/C27H23ClF3N3O4S/c1-14-10-18(15(2)32-21-7-5-4-6-17(21)25(36)37)23-19(11-14)24(35)34(3)26(33-23)39-13-16-8-9-20(28)22(12-16)38-27(29,30)31/h4-12,15,32H,13H2,1-3H3,(H,36,37).